The van der Waals surface area contributed by atoms with Crippen LogP contribution in [0.15, 0.2) is 18.3 Å². The second kappa shape index (κ2) is 8.20. The Morgan fingerprint density at radius 3 is 2.73 bits per heavy atom. The Hall–Kier alpha value is -1.51. The molecule has 2 saturated heterocycles. The van der Waals surface area contributed by atoms with Crippen LogP contribution in [-0.4, -0.2) is 52.7 Å². The molecule has 2 aromatic rings. The summed E-state index contributed by atoms with van der Waals surface area (Å²) < 4.78 is 29.4. The van der Waals surface area contributed by atoms with Gasteiger partial charge in [0.1, 0.15) is 0 Å². The van der Waals surface area contributed by atoms with E-state index in [-0.39, 0.29) is 5.56 Å². The summed E-state index contributed by atoms with van der Waals surface area (Å²) in [6, 6.07) is 3.60. The van der Waals surface area contributed by atoms with Crippen LogP contribution in [0.25, 0.3) is 10.9 Å². The highest BCUT2D eigenvalue weighted by Gasteiger charge is 2.47. The fourth-order valence-corrected chi connectivity index (χ4v) is 5.99. The second-order valence-electron chi connectivity index (χ2n) is 9.10. The second-order valence-corrected chi connectivity index (χ2v) is 9.99. The molecule has 5 rings (SSSR count). The highest BCUT2D eigenvalue weighted by atomic mass is 32.2. The predicted molar refractivity (Wildman–Crippen MR) is 118 cm³/mol. The third-order valence-electron chi connectivity index (χ3n) is 7.16. The molecule has 0 unspecified atom stereocenters. The van der Waals surface area contributed by atoms with E-state index >= 15 is 0 Å². The number of rotatable bonds is 5. The number of nitrogens with zero attached hydrogens (tertiary/aromatic N) is 3. The summed E-state index contributed by atoms with van der Waals surface area (Å²) in [5, 5.41) is 7.66. The molecule has 1 saturated carbocycles. The van der Waals surface area contributed by atoms with Gasteiger partial charge in [-0.05, 0) is 73.9 Å². The number of hydrogen-bond acceptors (Lipinski definition) is 6. The van der Waals surface area contributed by atoms with Crippen molar-refractivity contribution in [3.63, 3.8) is 0 Å². The van der Waals surface area contributed by atoms with Gasteiger partial charge in [-0.1, -0.05) is 11.9 Å². The van der Waals surface area contributed by atoms with Crippen molar-refractivity contribution in [3.05, 3.63) is 29.5 Å². The van der Waals surface area contributed by atoms with Crippen molar-refractivity contribution in [2.75, 3.05) is 37.8 Å². The summed E-state index contributed by atoms with van der Waals surface area (Å²) in [6.07, 6.45) is 6.75. The summed E-state index contributed by atoms with van der Waals surface area (Å²) in [6.45, 7) is 4.21. The third kappa shape index (κ3) is 3.89. The molecule has 5 nitrogen and oxygen atoms in total. The first-order valence-electron chi connectivity index (χ1n) is 10.9. The molecule has 1 aromatic heterocycles. The number of hydrogen-bond donors (Lipinski definition) is 2. The lowest BCUT2D eigenvalue weighted by atomic mass is 9.59. The van der Waals surface area contributed by atoms with Gasteiger partial charge in [0.05, 0.1) is 5.52 Å². The first-order chi connectivity index (χ1) is 14.5. The van der Waals surface area contributed by atoms with Crippen molar-refractivity contribution in [1.29, 1.82) is 0 Å². The lowest BCUT2D eigenvalue weighted by molar-refractivity contribution is 0.127. The van der Waals surface area contributed by atoms with E-state index in [0.29, 0.717) is 23.3 Å². The molecule has 0 bridgehead atoms. The Morgan fingerprint density at radius 1 is 1.27 bits per heavy atom. The van der Waals surface area contributed by atoms with E-state index in [1.807, 2.05) is 0 Å². The Balaban J connectivity index is 1.41. The highest BCUT2D eigenvalue weighted by Crippen LogP contribution is 2.55. The largest absolute Gasteiger partial charge is 0.351 e. The van der Waals surface area contributed by atoms with Crippen molar-refractivity contribution in [2.45, 2.75) is 50.5 Å². The fraction of sp³-hybridized carbons (Fsp3) is 0.636. The lowest BCUT2D eigenvalue weighted by Crippen LogP contribution is -2.37. The van der Waals surface area contributed by atoms with Crippen LogP contribution < -0.4 is 10.6 Å². The summed E-state index contributed by atoms with van der Waals surface area (Å²) in [4.78, 5) is 9.29. The number of aromatic nitrogens is 2. The molecule has 2 N–H and O–H groups in total. The molecule has 30 heavy (non-hydrogen) atoms. The smallest absolute Gasteiger partial charge is 0.263 e. The minimum Gasteiger partial charge on any atom is -0.351 e. The van der Waals surface area contributed by atoms with Crippen molar-refractivity contribution in [2.24, 2.45) is 5.41 Å². The van der Waals surface area contributed by atoms with Crippen LogP contribution in [0, 0.1) is 5.41 Å². The maximum atomic E-state index is 13.5. The molecule has 3 aliphatic rings. The standard InChI is InChI=1S/C22H29F2N5S/c1-30-29-6-2-17(3-7-29)27-21-26-12-15-8-14(20(23)24)9-18(19(15)28-21)16-10-22(11-16)4-5-25-13-22/h8-9,12,16-17,20,25H,2-7,10-11,13H2,1H3,(H,26,27,28). The average Bonchev–Trinajstić information content (AvgIpc) is 3.23. The number of fused-ring (bicyclic) bond motifs is 1. The van der Waals surface area contributed by atoms with Gasteiger partial charge in [-0.25, -0.2) is 18.7 Å². The Kier molecular flexibility index (Phi) is 5.58. The van der Waals surface area contributed by atoms with Gasteiger partial charge in [0.2, 0.25) is 5.95 Å². The van der Waals surface area contributed by atoms with Gasteiger partial charge in [-0.15, -0.1) is 0 Å². The molecule has 3 heterocycles. The first-order valence-corrected chi connectivity index (χ1v) is 12.1. The zero-order chi connectivity index (χ0) is 20.7. The molecule has 1 aromatic carbocycles. The maximum Gasteiger partial charge on any atom is 0.263 e. The zero-order valence-corrected chi connectivity index (χ0v) is 18.2. The summed E-state index contributed by atoms with van der Waals surface area (Å²) in [5.74, 6) is 0.923. The van der Waals surface area contributed by atoms with Crippen LogP contribution >= 0.6 is 11.9 Å². The molecule has 0 amide bonds. The maximum absolute atomic E-state index is 13.5. The third-order valence-corrected chi connectivity index (χ3v) is 8.04. The van der Waals surface area contributed by atoms with Gasteiger partial charge in [0.15, 0.2) is 0 Å². The van der Waals surface area contributed by atoms with Crippen LogP contribution in [-0.2, 0) is 0 Å². The van der Waals surface area contributed by atoms with E-state index in [9.17, 15) is 8.78 Å². The van der Waals surface area contributed by atoms with Gasteiger partial charge in [-0.3, -0.25) is 4.31 Å². The number of piperidine rings is 1. The molecule has 0 atom stereocenters. The molecule has 0 radical (unpaired) electrons. The van der Waals surface area contributed by atoms with E-state index < -0.39 is 6.43 Å². The van der Waals surface area contributed by atoms with Crippen molar-refractivity contribution < 1.29 is 8.78 Å². The van der Waals surface area contributed by atoms with Crippen molar-refractivity contribution in [3.8, 4) is 0 Å². The lowest BCUT2D eigenvalue weighted by Gasteiger charge is -2.45. The van der Waals surface area contributed by atoms with Gasteiger partial charge >= 0.3 is 0 Å². The van der Waals surface area contributed by atoms with Crippen LogP contribution in [0.3, 0.4) is 0 Å². The quantitative estimate of drug-likeness (QED) is 0.674. The molecule has 2 aliphatic heterocycles. The molecule has 1 aliphatic carbocycles. The van der Waals surface area contributed by atoms with Crippen LogP contribution in [0.4, 0.5) is 14.7 Å². The van der Waals surface area contributed by atoms with Crippen LogP contribution in [0.1, 0.15) is 55.6 Å². The number of anilines is 1. The summed E-state index contributed by atoms with van der Waals surface area (Å²) in [7, 11) is 0. The monoisotopic (exact) mass is 433 g/mol. The summed E-state index contributed by atoms with van der Waals surface area (Å²) in [5.41, 5.74) is 2.25. The van der Waals surface area contributed by atoms with Crippen molar-refractivity contribution in [1.82, 2.24) is 19.6 Å². The Labute approximate surface area is 180 Å². The van der Waals surface area contributed by atoms with E-state index in [0.717, 1.165) is 68.3 Å². The van der Waals surface area contributed by atoms with E-state index in [1.54, 1.807) is 30.3 Å². The van der Waals surface area contributed by atoms with Gasteiger partial charge in [0, 0.05) is 42.8 Å². The van der Waals surface area contributed by atoms with E-state index in [2.05, 4.69) is 26.2 Å². The number of benzene rings is 1. The SMILES string of the molecule is CSN1CCC(Nc2ncc3cc(C(F)F)cc(C4CC5(CCNC5)C4)c3n2)CC1. The summed E-state index contributed by atoms with van der Waals surface area (Å²) >= 11 is 1.79. The van der Waals surface area contributed by atoms with Gasteiger partial charge in [-0.2, -0.15) is 0 Å². The molecular weight excluding hydrogens is 404 g/mol. The average molecular weight is 434 g/mol. The zero-order valence-electron chi connectivity index (χ0n) is 17.3. The number of nitrogens with one attached hydrogen (secondary N) is 2. The fourth-order valence-electron chi connectivity index (χ4n) is 5.42. The topological polar surface area (TPSA) is 53.1 Å². The van der Waals surface area contributed by atoms with E-state index in [1.165, 1.54) is 6.42 Å². The predicted octanol–water partition coefficient (Wildman–Crippen LogP) is 4.58. The van der Waals surface area contributed by atoms with Gasteiger partial charge in [0.25, 0.3) is 6.43 Å². The highest BCUT2D eigenvalue weighted by molar-refractivity contribution is 7.96. The Morgan fingerprint density at radius 2 is 2.07 bits per heavy atom. The van der Waals surface area contributed by atoms with Crippen LogP contribution in [0.5, 0.6) is 0 Å². The molecule has 1 spiro atoms. The van der Waals surface area contributed by atoms with E-state index in [4.69, 9.17) is 4.98 Å². The number of halogens is 2. The Bertz CT molecular complexity index is 902. The number of alkyl halides is 2. The molecule has 162 valence electrons. The molecular formula is C22H29F2N5S. The molecule has 8 heteroatoms. The minimum atomic E-state index is -2.48. The minimum absolute atomic E-state index is 0.0803. The van der Waals surface area contributed by atoms with Gasteiger partial charge < -0.3 is 10.6 Å². The first kappa shape index (κ1) is 20.4. The van der Waals surface area contributed by atoms with Crippen LogP contribution in [0.2, 0.25) is 0 Å². The molecule has 3 fully saturated rings. The normalized spacial score (nSPS) is 27.8. The van der Waals surface area contributed by atoms with Crippen molar-refractivity contribution >= 4 is 28.8 Å².